The first-order valence-corrected chi connectivity index (χ1v) is 18.4. The zero-order valence-electron chi connectivity index (χ0n) is 29.0. The summed E-state index contributed by atoms with van der Waals surface area (Å²) in [5, 5.41) is 13.8. The maximum atomic E-state index is 14.5. The first-order valence-electron chi connectivity index (χ1n) is 17.2. The van der Waals surface area contributed by atoms with Gasteiger partial charge in [0, 0.05) is 52.0 Å². The predicted octanol–water partition coefficient (Wildman–Crippen LogP) is 8.63. The molecular formula is C39H36ClFN6O4S. The number of nitrogens with two attached hydrogens (primary N) is 1. The molecule has 0 saturated carbocycles. The molecule has 0 radical (unpaired) electrons. The number of amides is 1. The average Bonchev–Trinajstić information content (AvgIpc) is 3.91. The number of carbonyl (C=O) groups is 1. The maximum Gasteiger partial charge on any atom is 0.251 e. The minimum Gasteiger partial charge on any atom is -0.493 e. The number of benzene rings is 2. The Morgan fingerprint density at radius 3 is 2.71 bits per heavy atom. The highest BCUT2D eigenvalue weighted by Crippen LogP contribution is 2.47. The number of aryl methyl sites for hydroxylation is 1. The van der Waals surface area contributed by atoms with Crippen LogP contribution in [0.1, 0.15) is 76.6 Å². The highest BCUT2D eigenvalue weighted by molar-refractivity contribution is 7.23. The van der Waals surface area contributed by atoms with Crippen molar-refractivity contribution in [1.82, 2.24) is 20.2 Å². The second-order valence-electron chi connectivity index (χ2n) is 13.7. The molecule has 5 heterocycles. The fourth-order valence-electron chi connectivity index (χ4n) is 7.53. The number of nitrogens with one attached hydrogen (secondary N) is 1. The summed E-state index contributed by atoms with van der Waals surface area (Å²) in [5.74, 6) is 1.53. The van der Waals surface area contributed by atoms with Gasteiger partial charge in [0.25, 0.3) is 5.91 Å². The molecule has 2 aliphatic rings. The number of pyridine rings is 2. The molecule has 0 unspecified atom stereocenters. The lowest BCUT2D eigenvalue weighted by atomic mass is 9.88. The number of fused-ring (bicyclic) bond motifs is 3. The van der Waals surface area contributed by atoms with Gasteiger partial charge in [0.1, 0.15) is 11.6 Å². The fraction of sp³-hybridized carbons (Fsp3) is 0.308. The van der Waals surface area contributed by atoms with Gasteiger partial charge in [0.2, 0.25) is 11.8 Å². The molecule has 8 rings (SSSR count). The van der Waals surface area contributed by atoms with Crippen molar-refractivity contribution in [1.29, 1.82) is 0 Å². The lowest BCUT2D eigenvalue weighted by molar-refractivity contribution is 0.0999. The Morgan fingerprint density at radius 1 is 1.13 bits per heavy atom. The molecule has 0 fully saturated rings. The number of anilines is 1. The molecule has 0 spiro atoms. The minimum absolute atomic E-state index is 0.0366. The standard InChI is InChI=1S/C39H36ClFN6O4S/c1-18(2)13-28-32(37(42)48)34(33(39-47-46-19(3)51-39)29(44-28)14-21-17-50-30-16-22(40)5-6-23(21)30)31-15-20-11-12-43-38(36(20)52-31)45-27-10-8-25-24(27)7-9-26(41)35(25)49-4/h5-7,9,11-12,15-16,18,21,27H,8,10,13-14,17H2,1-4H3,(H2,42,48)(H,43,45)/t21-,27-/m1/s1. The molecule has 2 atom stereocenters. The molecule has 266 valence electrons. The van der Waals surface area contributed by atoms with Crippen LogP contribution < -0.4 is 20.5 Å². The third-order valence-electron chi connectivity index (χ3n) is 9.73. The van der Waals surface area contributed by atoms with Crippen LogP contribution in [0.2, 0.25) is 5.02 Å². The van der Waals surface area contributed by atoms with Crippen molar-refractivity contribution in [2.45, 2.75) is 58.4 Å². The molecule has 52 heavy (non-hydrogen) atoms. The van der Waals surface area contributed by atoms with Gasteiger partial charge in [-0.25, -0.2) is 9.37 Å². The van der Waals surface area contributed by atoms with E-state index in [-0.39, 0.29) is 35.3 Å². The average molecular weight is 739 g/mol. The molecule has 0 bridgehead atoms. The number of nitrogens with zero attached hydrogens (tertiary/aromatic N) is 4. The Balaban J connectivity index is 1.30. The normalized spacial score (nSPS) is 16.3. The van der Waals surface area contributed by atoms with Gasteiger partial charge >= 0.3 is 0 Å². The molecule has 1 aliphatic heterocycles. The number of methoxy groups -OCH3 is 1. The number of primary amides is 1. The molecule has 0 saturated heterocycles. The number of hydrogen-bond donors (Lipinski definition) is 2. The zero-order chi connectivity index (χ0) is 36.3. The van der Waals surface area contributed by atoms with Gasteiger partial charge in [-0.3, -0.25) is 9.78 Å². The van der Waals surface area contributed by atoms with Crippen LogP contribution in [-0.2, 0) is 19.3 Å². The number of thiophene rings is 1. The smallest absolute Gasteiger partial charge is 0.251 e. The quantitative estimate of drug-likeness (QED) is 0.141. The maximum absolute atomic E-state index is 14.5. The molecule has 3 N–H and O–H groups in total. The fourth-order valence-corrected chi connectivity index (χ4v) is 8.86. The molecular weight excluding hydrogens is 703 g/mol. The lowest BCUT2D eigenvalue weighted by Gasteiger charge is -2.20. The highest BCUT2D eigenvalue weighted by Gasteiger charge is 2.33. The predicted molar refractivity (Wildman–Crippen MR) is 199 cm³/mol. The molecule has 1 amide bonds. The summed E-state index contributed by atoms with van der Waals surface area (Å²) in [7, 11) is 1.49. The second-order valence-corrected chi connectivity index (χ2v) is 15.2. The van der Waals surface area contributed by atoms with Crippen LogP contribution in [0.15, 0.2) is 53.1 Å². The van der Waals surface area contributed by atoms with Gasteiger partial charge in [0.05, 0.1) is 47.0 Å². The number of rotatable bonds is 10. The number of halogens is 2. The van der Waals surface area contributed by atoms with Crippen molar-refractivity contribution < 1.29 is 23.1 Å². The zero-order valence-corrected chi connectivity index (χ0v) is 30.6. The van der Waals surface area contributed by atoms with Gasteiger partial charge in [-0.1, -0.05) is 37.6 Å². The number of carbonyl (C=O) groups excluding carboxylic acids is 1. The first-order chi connectivity index (χ1) is 25.1. The summed E-state index contributed by atoms with van der Waals surface area (Å²) < 4.78 is 33.0. The molecule has 1 aliphatic carbocycles. The van der Waals surface area contributed by atoms with Gasteiger partial charge in [-0.05, 0) is 66.5 Å². The summed E-state index contributed by atoms with van der Waals surface area (Å²) in [6, 6.07) is 12.8. The summed E-state index contributed by atoms with van der Waals surface area (Å²) >= 11 is 7.78. The van der Waals surface area contributed by atoms with E-state index in [0.29, 0.717) is 70.7 Å². The molecule has 13 heteroatoms. The first kappa shape index (κ1) is 34.0. The van der Waals surface area contributed by atoms with Crippen LogP contribution in [-0.4, -0.2) is 39.8 Å². The lowest BCUT2D eigenvalue weighted by Crippen LogP contribution is -2.20. The van der Waals surface area contributed by atoms with E-state index < -0.39 is 5.91 Å². The van der Waals surface area contributed by atoms with Crippen molar-refractivity contribution in [2.24, 2.45) is 11.7 Å². The van der Waals surface area contributed by atoms with Crippen LogP contribution in [0.25, 0.3) is 32.0 Å². The van der Waals surface area contributed by atoms with Gasteiger partial charge < -0.3 is 24.9 Å². The van der Waals surface area contributed by atoms with Crippen molar-refractivity contribution in [3.8, 4) is 33.4 Å². The SMILES string of the molecule is COc1c(F)ccc2c1CC[C@H]2Nc1nccc2cc(-c3c(C(N)=O)c(CC(C)C)nc(C[C@@H]4COc5cc(Cl)ccc54)c3-c3nnc(C)o3)sc12. The van der Waals surface area contributed by atoms with Crippen LogP contribution in [0, 0.1) is 18.7 Å². The summed E-state index contributed by atoms with van der Waals surface area (Å²) in [5.41, 5.74) is 11.9. The van der Waals surface area contributed by atoms with E-state index in [2.05, 4.69) is 29.4 Å². The van der Waals surface area contributed by atoms with E-state index in [1.165, 1.54) is 24.5 Å². The number of aromatic nitrogens is 4. The van der Waals surface area contributed by atoms with E-state index >= 15 is 0 Å². The Labute approximate surface area is 308 Å². The van der Waals surface area contributed by atoms with Gasteiger partial charge in [-0.15, -0.1) is 21.5 Å². The van der Waals surface area contributed by atoms with Crippen LogP contribution in [0.4, 0.5) is 10.2 Å². The monoisotopic (exact) mass is 738 g/mol. The topological polar surface area (TPSA) is 138 Å². The largest absolute Gasteiger partial charge is 0.493 e. The summed E-state index contributed by atoms with van der Waals surface area (Å²) in [4.78, 5) is 24.3. The van der Waals surface area contributed by atoms with Crippen LogP contribution >= 0.6 is 22.9 Å². The Kier molecular flexibility index (Phi) is 8.83. The second kappa shape index (κ2) is 13.5. The summed E-state index contributed by atoms with van der Waals surface area (Å²) in [6.45, 7) is 6.34. The Hall–Kier alpha value is -5.07. The molecule has 10 nitrogen and oxygen atoms in total. The van der Waals surface area contributed by atoms with Crippen molar-refractivity contribution >= 4 is 44.7 Å². The third kappa shape index (κ3) is 6.03. The molecule has 2 aromatic carbocycles. The van der Waals surface area contributed by atoms with E-state index in [0.717, 1.165) is 43.8 Å². The van der Waals surface area contributed by atoms with E-state index in [1.54, 1.807) is 13.1 Å². The molecule has 4 aromatic heterocycles. The number of ether oxygens (including phenoxy) is 2. The Morgan fingerprint density at radius 2 is 1.96 bits per heavy atom. The van der Waals surface area contributed by atoms with Crippen LogP contribution in [0.5, 0.6) is 11.5 Å². The highest BCUT2D eigenvalue weighted by atomic mass is 35.5. The van der Waals surface area contributed by atoms with Gasteiger partial charge in [0.15, 0.2) is 11.6 Å². The third-order valence-corrected chi connectivity index (χ3v) is 11.1. The molecule has 6 aromatic rings. The van der Waals surface area contributed by atoms with Crippen molar-refractivity contribution in [3.63, 3.8) is 0 Å². The van der Waals surface area contributed by atoms with Crippen LogP contribution in [0.3, 0.4) is 0 Å². The van der Waals surface area contributed by atoms with Crippen molar-refractivity contribution in [2.75, 3.05) is 19.0 Å². The van der Waals surface area contributed by atoms with E-state index in [4.69, 9.17) is 41.2 Å². The van der Waals surface area contributed by atoms with E-state index in [1.807, 2.05) is 36.4 Å². The van der Waals surface area contributed by atoms with Gasteiger partial charge in [-0.2, -0.15) is 0 Å². The number of hydrogen-bond acceptors (Lipinski definition) is 10. The van der Waals surface area contributed by atoms with E-state index in [9.17, 15) is 9.18 Å². The van der Waals surface area contributed by atoms with Crippen molar-refractivity contribution in [3.05, 3.63) is 99.0 Å². The minimum atomic E-state index is -0.593. The summed E-state index contributed by atoms with van der Waals surface area (Å²) in [6.07, 6.45) is 4.19. The Bertz CT molecular complexity index is 2380.